The normalized spacial score (nSPS) is 24.2. The van der Waals surface area contributed by atoms with Crippen molar-refractivity contribution in [3.05, 3.63) is 64.4 Å². The van der Waals surface area contributed by atoms with Gasteiger partial charge in [-0.15, -0.1) is 11.8 Å². The highest BCUT2D eigenvalue weighted by atomic mass is 35.5. The zero-order chi connectivity index (χ0) is 19.2. The second-order valence-corrected chi connectivity index (χ2v) is 8.56. The first-order chi connectivity index (χ1) is 12.9. The molecule has 27 heavy (non-hydrogen) atoms. The van der Waals surface area contributed by atoms with E-state index >= 15 is 0 Å². The number of fused-ring (bicyclic) bond motifs is 1. The van der Waals surface area contributed by atoms with Gasteiger partial charge in [0.2, 0.25) is 11.8 Å². The molecule has 0 spiro atoms. The molecule has 1 N–H and O–H groups in total. The van der Waals surface area contributed by atoms with Crippen molar-refractivity contribution in [2.24, 2.45) is 0 Å². The molecule has 2 aliphatic heterocycles. The van der Waals surface area contributed by atoms with Crippen LogP contribution in [0.1, 0.15) is 24.0 Å². The van der Waals surface area contributed by atoms with Crippen LogP contribution in [0.15, 0.2) is 42.5 Å². The fraction of sp³-hybridized carbons (Fsp3) is 0.300. The van der Waals surface area contributed by atoms with Gasteiger partial charge >= 0.3 is 0 Å². The molecule has 0 saturated carbocycles. The Morgan fingerprint density at radius 3 is 2.74 bits per heavy atom. The molecule has 2 aromatic rings. The van der Waals surface area contributed by atoms with Crippen LogP contribution in [-0.4, -0.2) is 28.5 Å². The summed E-state index contributed by atoms with van der Waals surface area (Å²) in [5, 5.41) is 2.71. The van der Waals surface area contributed by atoms with Crippen molar-refractivity contribution in [2.75, 3.05) is 11.1 Å². The number of aryl methyl sites for hydroxylation is 1. The summed E-state index contributed by atoms with van der Waals surface area (Å²) in [6.45, 7) is 2.02. The van der Waals surface area contributed by atoms with Crippen LogP contribution in [0, 0.1) is 12.7 Å². The summed E-state index contributed by atoms with van der Waals surface area (Å²) >= 11 is 7.42. The van der Waals surface area contributed by atoms with Crippen molar-refractivity contribution in [3.8, 4) is 0 Å². The number of rotatable bonds is 3. The van der Waals surface area contributed by atoms with Crippen molar-refractivity contribution in [3.63, 3.8) is 0 Å². The third-order valence-corrected chi connectivity index (χ3v) is 7.01. The molecule has 4 nitrogen and oxygen atoms in total. The molecule has 0 aromatic heterocycles. The van der Waals surface area contributed by atoms with Crippen LogP contribution in [0.25, 0.3) is 0 Å². The van der Waals surface area contributed by atoms with Crippen LogP contribution in [0.4, 0.5) is 10.1 Å². The lowest BCUT2D eigenvalue weighted by atomic mass is 10.0. The Labute approximate surface area is 166 Å². The number of hydrogen-bond acceptors (Lipinski definition) is 3. The molecule has 2 fully saturated rings. The second-order valence-electron chi connectivity index (χ2n) is 6.86. The first-order valence-corrected chi connectivity index (χ1v) is 10.1. The van der Waals surface area contributed by atoms with Gasteiger partial charge in [0.25, 0.3) is 0 Å². The van der Waals surface area contributed by atoms with Gasteiger partial charge in [-0.3, -0.25) is 9.59 Å². The summed E-state index contributed by atoms with van der Waals surface area (Å²) in [6, 6.07) is 11.6. The first kappa shape index (κ1) is 18.3. The third-order valence-electron chi connectivity index (χ3n) is 5.12. The van der Waals surface area contributed by atoms with Crippen molar-refractivity contribution in [2.45, 2.75) is 30.7 Å². The van der Waals surface area contributed by atoms with Gasteiger partial charge in [-0.1, -0.05) is 41.4 Å². The van der Waals surface area contributed by atoms with Gasteiger partial charge in [-0.05, 0) is 37.1 Å². The standard InChI is InChI=1S/C20H18ClFN2O2S/c1-12-2-4-13(5-3-12)20-9-8-18(25)24(20)17(11-27-20)19(26)23-14-6-7-16(22)15(21)10-14/h2-7,10,17H,8-9,11H2,1H3,(H,23,26). The molecule has 7 heteroatoms. The molecule has 140 valence electrons. The highest BCUT2D eigenvalue weighted by Crippen LogP contribution is 2.54. The van der Waals surface area contributed by atoms with Gasteiger partial charge in [-0.2, -0.15) is 0 Å². The average molecular weight is 405 g/mol. The molecule has 2 amide bonds. The maximum Gasteiger partial charge on any atom is 0.248 e. The van der Waals surface area contributed by atoms with Gasteiger partial charge in [-0.25, -0.2) is 4.39 Å². The highest BCUT2D eigenvalue weighted by molar-refractivity contribution is 8.00. The van der Waals surface area contributed by atoms with Crippen LogP contribution in [0.2, 0.25) is 5.02 Å². The summed E-state index contributed by atoms with van der Waals surface area (Å²) in [6.07, 6.45) is 1.11. The molecule has 2 saturated heterocycles. The quantitative estimate of drug-likeness (QED) is 0.828. The Morgan fingerprint density at radius 2 is 2.04 bits per heavy atom. The molecule has 0 aliphatic carbocycles. The number of nitrogens with zero attached hydrogens (tertiary/aromatic N) is 1. The van der Waals surface area contributed by atoms with E-state index in [2.05, 4.69) is 5.32 Å². The minimum atomic E-state index is -0.574. The number of carbonyl (C=O) groups excluding carboxylic acids is 2. The lowest BCUT2D eigenvalue weighted by Crippen LogP contribution is -2.48. The third kappa shape index (κ3) is 3.11. The van der Waals surface area contributed by atoms with E-state index in [4.69, 9.17) is 11.6 Å². The van der Waals surface area contributed by atoms with E-state index in [0.29, 0.717) is 24.3 Å². The smallest absolute Gasteiger partial charge is 0.248 e. The van der Waals surface area contributed by atoms with Crippen LogP contribution >= 0.6 is 23.4 Å². The summed E-state index contributed by atoms with van der Waals surface area (Å²) in [5.41, 5.74) is 2.61. The van der Waals surface area contributed by atoms with E-state index in [9.17, 15) is 14.0 Å². The van der Waals surface area contributed by atoms with Crippen LogP contribution in [0.3, 0.4) is 0 Å². The monoisotopic (exact) mass is 404 g/mol. The van der Waals surface area contributed by atoms with Crippen LogP contribution in [-0.2, 0) is 14.5 Å². The molecule has 2 aliphatic rings. The molecule has 0 bridgehead atoms. The predicted octanol–water partition coefficient (Wildman–Crippen LogP) is 4.32. The maximum atomic E-state index is 13.3. The molecule has 0 radical (unpaired) electrons. The van der Waals surface area contributed by atoms with E-state index in [0.717, 1.165) is 11.1 Å². The van der Waals surface area contributed by atoms with Crippen LogP contribution < -0.4 is 5.32 Å². The number of benzene rings is 2. The molecule has 2 heterocycles. The van der Waals surface area contributed by atoms with Crippen molar-refractivity contribution >= 4 is 40.9 Å². The topological polar surface area (TPSA) is 49.4 Å². The molecule has 2 unspecified atom stereocenters. The Kier molecular flexibility index (Phi) is 4.64. The Bertz CT molecular complexity index is 921. The number of carbonyl (C=O) groups is 2. The predicted molar refractivity (Wildman–Crippen MR) is 105 cm³/mol. The van der Waals surface area contributed by atoms with E-state index in [-0.39, 0.29) is 16.8 Å². The number of nitrogens with one attached hydrogen (secondary N) is 1. The molecular weight excluding hydrogens is 387 g/mol. The largest absolute Gasteiger partial charge is 0.324 e. The fourth-order valence-electron chi connectivity index (χ4n) is 3.75. The minimum Gasteiger partial charge on any atom is -0.324 e. The Hall–Kier alpha value is -2.05. The second kappa shape index (κ2) is 6.84. The molecular formula is C20H18ClFN2O2S. The van der Waals surface area contributed by atoms with Gasteiger partial charge in [0.1, 0.15) is 16.7 Å². The number of hydrogen-bond donors (Lipinski definition) is 1. The Balaban J connectivity index is 1.61. The SMILES string of the molecule is Cc1ccc(C23CCC(=O)N2C(C(=O)Nc2ccc(F)c(Cl)c2)CS3)cc1. The van der Waals surface area contributed by atoms with Gasteiger partial charge < -0.3 is 10.2 Å². The lowest BCUT2D eigenvalue weighted by Gasteiger charge is -2.34. The van der Waals surface area contributed by atoms with Crippen LogP contribution in [0.5, 0.6) is 0 Å². The zero-order valence-electron chi connectivity index (χ0n) is 14.7. The number of halogens is 2. The van der Waals surface area contributed by atoms with E-state index in [1.807, 2.05) is 31.2 Å². The molecule has 4 rings (SSSR count). The maximum absolute atomic E-state index is 13.3. The van der Waals surface area contributed by atoms with Gasteiger partial charge in [0, 0.05) is 17.9 Å². The number of anilines is 1. The van der Waals surface area contributed by atoms with Crippen molar-refractivity contribution in [1.82, 2.24) is 4.90 Å². The fourth-order valence-corrected chi connectivity index (χ4v) is 5.58. The summed E-state index contributed by atoms with van der Waals surface area (Å²) in [5.74, 6) is -0.327. The minimum absolute atomic E-state index is 0.0159. The van der Waals surface area contributed by atoms with Gasteiger partial charge in [0.15, 0.2) is 0 Å². The van der Waals surface area contributed by atoms with E-state index in [1.165, 1.54) is 18.2 Å². The number of amides is 2. The van der Waals surface area contributed by atoms with Gasteiger partial charge in [0.05, 0.1) is 5.02 Å². The lowest BCUT2D eigenvalue weighted by molar-refractivity contribution is -0.136. The average Bonchev–Trinajstić information content (AvgIpc) is 3.18. The summed E-state index contributed by atoms with van der Waals surface area (Å²) in [7, 11) is 0. The highest BCUT2D eigenvalue weighted by Gasteiger charge is 2.56. The molecule has 2 aromatic carbocycles. The van der Waals surface area contributed by atoms with E-state index < -0.39 is 16.7 Å². The zero-order valence-corrected chi connectivity index (χ0v) is 16.2. The summed E-state index contributed by atoms with van der Waals surface area (Å²) < 4.78 is 13.3. The van der Waals surface area contributed by atoms with E-state index in [1.54, 1.807) is 16.7 Å². The van der Waals surface area contributed by atoms with Crippen molar-refractivity contribution < 1.29 is 14.0 Å². The van der Waals surface area contributed by atoms with Crippen molar-refractivity contribution in [1.29, 1.82) is 0 Å². The number of thioether (sulfide) groups is 1. The first-order valence-electron chi connectivity index (χ1n) is 8.70. The Morgan fingerprint density at radius 1 is 1.30 bits per heavy atom. The molecule has 2 atom stereocenters. The summed E-state index contributed by atoms with van der Waals surface area (Å²) in [4.78, 5) is 26.7.